The second-order valence-corrected chi connectivity index (χ2v) is 10.1. The number of halogens is 1. The minimum absolute atomic E-state index is 0.0515. The Bertz CT molecular complexity index is 1040. The van der Waals surface area contributed by atoms with Crippen LogP contribution < -0.4 is 9.62 Å². The summed E-state index contributed by atoms with van der Waals surface area (Å²) in [7, 11) is -3.86. The van der Waals surface area contributed by atoms with Crippen LogP contribution in [0, 0.1) is 6.92 Å². The number of hydrogen-bond donors (Lipinski definition) is 1. The molecule has 4 rings (SSSR count). The second-order valence-electron chi connectivity index (χ2n) is 6.59. The average Bonchev–Trinajstić information content (AvgIpc) is 2.88. The summed E-state index contributed by atoms with van der Waals surface area (Å²) >= 11 is 7.84. The van der Waals surface area contributed by atoms with Gasteiger partial charge in [-0.25, -0.2) is 8.42 Å². The van der Waals surface area contributed by atoms with Gasteiger partial charge in [0, 0.05) is 22.3 Å². The van der Waals surface area contributed by atoms with Gasteiger partial charge in [-0.1, -0.05) is 24.6 Å². The predicted octanol–water partition coefficient (Wildman–Crippen LogP) is 3.83. The fraction of sp³-hybridized carbons (Fsp3) is 0.278. The number of nitrogens with zero attached hydrogens (tertiary/aromatic N) is 1. The van der Waals surface area contributed by atoms with Crippen LogP contribution in [-0.4, -0.2) is 26.1 Å². The number of carbonyl (C=O) groups is 1. The molecule has 0 aromatic heterocycles. The highest BCUT2D eigenvalue weighted by molar-refractivity contribution is 8.00. The molecule has 0 radical (unpaired) electrons. The molecule has 2 aromatic carbocycles. The molecule has 1 N–H and O–H groups in total. The monoisotopic (exact) mass is 408 g/mol. The first kappa shape index (κ1) is 17.7. The molecule has 0 aliphatic carbocycles. The van der Waals surface area contributed by atoms with Gasteiger partial charge in [0.2, 0.25) is 5.91 Å². The molecule has 1 atom stereocenters. The number of hydrogen-bond acceptors (Lipinski definition) is 4. The molecule has 5 nitrogen and oxygen atoms in total. The van der Waals surface area contributed by atoms with Crippen LogP contribution in [0.2, 0.25) is 5.02 Å². The SMILES string of the molecule is Cc1ccc(NS(=O)(=O)c2ccc3c4c2CC(=O)N4C[C@@H](C)S3)c(Cl)c1. The van der Waals surface area contributed by atoms with Gasteiger partial charge < -0.3 is 4.90 Å². The summed E-state index contributed by atoms with van der Waals surface area (Å²) in [5.41, 5.74) is 2.59. The molecule has 0 saturated heterocycles. The van der Waals surface area contributed by atoms with Gasteiger partial charge in [-0.3, -0.25) is 9.52 Å². The largest absolute Gasteiger partial charge is 0.310 e. The Labute approximate surface area is 161 Å². The minimum Gasteiger partial charge on any atom is -0.310 e. The van der Waals surface area contributed by atoms with E-state index in [4.69, 9.17) is 11.6 Å². The summed E-state index contributed by atoms with van der Waals surface area (Å²) in [5, 5.41) is 0.620. The molecule has 136 valence electrons. The maximum atomic E-state index is 13.0. The minimum atomic E-state index is -3.86. The van der Waals surface area contributed by atoms with Gasteiger partial charge in [-0.15, -0.1) is 11.8 Å². The van der Waals surface area contributed by atoms with Gasteiger partial charge in [0.05, 0.1) is 27.7 Å². The van der Waals surface area contributed by atoms with Crippen molar-refractivity contribution in [2.75, 3.05) is 16.2 Å². The Kier molecular flexibility index (Phi) is 4.21. The van der Waals surface area contributed by atoms with Crippen LogP contribution in [0.5, 0.6) is 0 Å². The van der Waals surface area contributed by atoms with E-state index in [1.165, 1.54) is 0 Å². The van der Waals surface area contributed by atoms with Crippen molar-refractivity contribution in [2.24, 2.45) is 0 Å². The molecule has 0 spiro atoms. The van der Waals surface area contributed by atoms with E-state index in [9.17, 15) is 13.2 Å². The van der Waals surface area contributed by atoms with Crippen LogP contribution in [0.15, 0.2) is 40.1 Å². The van der Waals surface area contributed by atoms with Crippen molar-refractivity contribution >= 4 is 50.7 Å². The highest BCUT2D eigenvalue weighted by Gasteiger charge is 2.38. The van der Waals surface area contributed by atoms with Crippen LogP contribution in [0.3, 0.4) is 0 Å². The first-order chi connectivity index (χ1) is 12.3. The molecule has 0 saturated carbocycles. The van der Waals surface area contributed by atoms with E-state index in [2.05, 4.69) is 11.6 Å². The molecule has 1 amide bonds. The molecule has 2 heterocycles. The maximum Gasteiger partial charge on any atom is 0.262 e. The highest BCUT2D eigenvalue weighted by Crippen LogP contribution is 2.46. The van der Waals surface area contributed by atoms with Gasteiger partial charge >= 0.3 is 0 Å². The fourth-order valence-corrected chi connectivity index (χ4v) is 6.19. The number of benzene rings is 2. The van der Waals surface area contributed by atoms with Crippen molar-refractivity contribution < 1.29 is 13.2 Å². The quantitative estimate of drug-likeness (QED) is 0.838. The third-order valence-corrected chi connectivity index (χ3v) is 7.43. The molecule has 2 aromatic rings. The molecule has 2 aliphatic rings. The van der Waals surface area contributed by atoms with Crippen LogP contribution in [0.1, 0.15) is 18.1 Å². The number of aryl methyl sites for hydroxylation is 1. The highest BCUT2D eigenvalue weighted by atomic mass is 35.5. The van der Waals surface area contributed by atoms with Gasteiger partial charge in [0.25, 0.3) is 10.0 Å². The molecular weight excluding hydrogens is 392 g/mol. The number of rotatable bonds is 3. The Morgan fingerprint density at radius 2 is 2.04 bits per heavy atom. The predicted molar refractivity (Wildman–Crippen MR) is 105 cm³/mol. The first-order valence-electron chi connectivity index (χ1n) is 8.18. The van der Waals surface area contributed by atoms with Crippen molar-refractivity contribution in [2.45, 2.75) is 35.3 Å². The van der Waals surface area contributed by atoms with Crippen LogP contribution in [0.4, 0.5) is 11.4 Å². The summed E-state index contributed by atoms with van der Waals surface area (Å²) in [5.74, 6) is -0.0515. The van der Waals surface area contributed by atoms with Gasteiger partial charge in [-0.05, 0) is 36.8 Å². The molecular formula is C18H17ClN2O3S2. The third kappa shape index (κ3) is 2.88. The lowest BCUT2D eigenvalue weighted by Crippen LogP contribution is -2.35. The van der Waals surface area contributed by atoms with Crippen molar-refractivity contribution in [3.05, 3.63) is 46.5 Å². The van der Waals surface area contributed by atoms with Crippen LogP contribution >= 0.6 is 23.4 Å². The summed E-state index contributed by atoms with van der Waals surface area (Å²) in [6.07, 6.45) is 0.105. The van der Waals surface area contributed by atoms with Gasteiger partial charge in [-0.2, -0.15) is 0 Å². The number of carbonyl (C=O) groups excluding carboxylic acids is 1. The van der Waals surface area contributed by atoms with Gasteiger partial charge in [0.15, 0.2) is 0 Å². The molecule has 26 heavy (non-hydrogen) atoms. The number of anilines is 2. The number of nitrogens with one attached hydrogen (secondary N) is 1. The van der Waals surface area contributed by atoms with E-state index in [1.807, 2.05) is 6.92 Å². The zero-order valence-corrected chi connectivity index (χ0v) is 16.6. The Hall–Kier alpha value is -1.70. The zero-order chi connectivity index (χ0) is 18.6. The van der Waals surface area contributed by atoms with Gasteiger partial charge in [0.1, 0.15) is 0 Å². The second kappa shape index (κ2) is 6.18. The number of sulfonamides is 1. The van der Waals surface area contributed by atoms with E-state index >= 15 is 0 Å². The van der Waals surface area contributed by atoms with E-state index in [1.54, 1.807) is 47.0 Å². The Balaban J connectivity index is 1.78. The van der Waals surface area contributed by atoms with Crippen molar-refractivity contribution in [1.82, 2.24) is 0 Å². The first-order valence-corrected chi connectivity index (χ1v) is 10.9. The van der Waals surface area contributed by atoms with Crippen molar-refractivity contribution in [3.63, 3.8) is 0 Å². The Morgan fingerprint density at radius 3 is 2.77 bits per heavy atom. The fourth-order valence-electron chi connectivity index (χ4n) is 3.39. The number of thioether (sulfide) groups is 1. The lowest BCUT2D eigenvalue weighted by atomic mass is 10.1. The topological polar surface area (TPSA) is 66.5 Å². The molecule has 0 unspecified atom stereocenters. The third-order valence-electron chi connectivity index (χ3n) is 4.53. The van der Waals surface area contributed by atoms with E-state index in [0.717, 1.165) is 16.1 Å². The standard InChI is InChI=1S/C18H17ClN2O3S2/c1-10-3-4-14(13(19)7-10)20-26(23,24)16-6-5-15-18-12(16)8-17(22)21(18)9-11(2)25-15/h3-7,11,20H,8-9H2,1-2H3/t11-/m1/s1. The lowest BCUT2D eigenvalue weighted by molar-refractivity contribution is -0.117. The molecule has 2 aliphatic heterocycles. The number of amides is 1. The van der Waals surface area contributed by atoms with Crippen molar-refractivity contribution in [3.8, 4) is 0 Å². The Morgan fingerprint density at radius 1 is 1.27 bits per heavy atom. The normalized spacial score (nSPS) is 18.8. The zero-order valence-electron chi connectivity index (χ0n) is 14.2. The van der Waals surface area contributed by atoms with E-state index in [0.29, 0.717) is 22.8 Å². The molecule has 0 bridgehead atoms. The van der Waals surface area contributed by atoms with Crippen LogP contribution in [-0.2, 0) is 21.2 Å². The lowest BCUT2D eigenvalue weighted by Gasteiger charge is -2.29. The maximum absolute atomic E-state index is 13.0. The van der Waals surface area contributed by atoms with Crippen LogP contribution in [0.25, 0.3) is 0 Å². The average molecular weight is 409 g/mol. The molecule has 0 fully saturated rings. The van der Waals surface area contributed by atoms with E-state index < -0.39 is 10.0 Å². The smallest absolute Gasteiger partial charge is 0.262 e. The summed E-state index contributed by atoms with van der Waals surface area (Å²) < 4.78 is 28.5. The summed E-state index contributed by atoms with van der Waals surface area (Å²) in [6.45, 7) is 4.54. The molecule has 8 heteroatoms. The summed E-state index contributed by atoms with van der Waals surface area (Å²) in [4.78, 5) is 15.2. The van der Waals surface area contributed by atoms with E-state index in [-0.39, 0.29) is 22.5 Å². The summed E-state index contributed by atoms with van der Waals surface area (Å²) in [6, 6.07) is 8.51. The van der Waals surface area contributed by atoms with Crippen molar-refractivity contribution in [1.29, 1.82) is 0 Å².